The first-order valence-corrected chi connectivity index (χ1v) is 16.0. The summed E-state index contributed by atoms with van der Waals surface area (Å²) in [6.45, 7) is 7.87. The maximum Gasteiger partial charge on any atom is 0.253 e. The maximum absolute atomic E-state index is 12.7. The van der Waals surface area contributed by atoms with Crippen LogP contribution in [0.5, 0.6) is 5.75 Å². The predicted octanol–water partition coefficient (Wildman–Crippen LogP) is 2.65. The fourth-order valence-corrected chi connectivity index (χ4v) is 5.80. The molecule has 0 saturated carbocycles. The number of methoxy groups -OCH3 is 1. The number of hydrogen-bond donors (Lipinski definition) is 2. The summed E-state index contributed by atoms with van der Waals surface area (Å²) >= 11 is 0. The molecule has 2 aromatic heterocycles. The fraction of sp³-hybridized carbons (Fsp3) is 0.485. The molecule has 0 spiro atoms. The Morgan fingerprint density at radius 1 is 1.00 bits per heavy atom. The molecule has 0 bridgehead atoms. The number of amides is 3. The summed E-state index contributed by atoms with van der Waals surface area (Å²) in [5, 5.41) is 3.45. The highest BCUT2D eigenvalue weighted by Crippen LogP contribution is 2.27. The molecule has 4 heterocycles. The van der Waals surface area contributed by atoms with Gasteiger partial charge in [-0.15, -0.1) is 0 Å². The lowest BCUT2D eigenvalue weighted by atomic mass is 10.1. The van der Waals surface area contributed by atoms with Crippen molar-refractivity contribution in [2.24, 2.45) is 0 Å². The van der Waals surface area contributed by atoms with E-state index in [4.69, 9.17) is 15.2 Å². The molecule has 13 heteroatoms. The van der Waals surface area contributed by atoms with Crippen LogP contribution >= 0.6 is 0 Å². The number of fused-ring (bicyclic) bond motifs is 1. The molecule has 1 fully saturated rings. The minimum Gasteiger partial charge on any atom is -0.496 e. The highest BCUT2D eigenvalue weighted by atomic mass is 16.5. The number of carbonyl (C=O) groups excluding carboxylic acids is 3. The number of unbranched alkanes of at least 4 members (excludes halogenated alkanes) is 2. The highest BCUT2D eigenvalue weighted by molar-refractivity contribution is 6.12. The number of ether oxygens (including phenoxy) is 2. The Labute approximate surface area is 269 Å². The third-order valence-corrected chi connectivity index (χ3v) is 8.34. The van der Waals surface area contributed by atoms with Crippen LogP contribution in [0.3, 0.4) is 0 Å². The summed E-state index contributed by atoms with van der Waals surface area (Å²) in [6.07, 6.45) is 8.14. The second kappa shape index (κ2) is 15.7. The van der Waals surface area contributed by atoms with Crippen LogP contribution in [0.1, 0.15) is 43.7 Å². The zero-order chi connectivity index (χ0) is 32.5. The van der Waals surface area contributed by atoms with Crippen LogP contribution in [0.15, 0.2) is 42.6 Å². The topological polar surface area (TPSA) is 148 Å². The summed E-state index contributed by atoms with van der Waals surface area (Å²) in [6, 6.07) is 8.30. The molecular formula is C33H44N8O5. The highest BCUT2D eigenvalue weighted by Gasteiger charge is 2.24. The second-order valence-electron chi connectivity index (χ2n) is 11.6. The van der Waals surface area contributed by atoms with Crippen LogP contribution < -0.4 is 15.8 Å². The lowest BCUT2D eigenvalue weighted by Crippen LogP contribution is -2.48. The van der Waals surface area contributed by atoms with E-state index in [1.807, 2.05) is 17.2 Å². The molecule has 0 atom stereocenters. The predicted molar refractivity (Wildman–Crippen MR) is 175 cm³/mol. The smallest absolute Gasteiger partial charge is 0.253 e. The van der Waals surface area contributed by atoms with Crippen LogP contribution in [-0.4, -0.2) is 107 Å². The molecular weight excluding hydrogens is 588 g/mol. The van der Waals surface area contributed by atoms with Gasteiger partial charge in [0.25, 0.3) is 11.8 Å². The van der Waals surface area contributed by atoms with Gasteiger partial charge in [0.05, 0.1) is 45.4 Å². The first-order chi connectivity index (χ1) is 22.4. The van der Waals surface area contributed by atoms with E-state index in [0.717, 1.165) is 84.1 Å². The molecule has 5 rings (SSSR count). The van der Waals surface area contributed by atoms with Crippen molar-refractivity contribution < 1.29 is 23.9 Å². The number of aromatic nitrogens is 3. The molecule has 3 amide bonds. The van der Waals surface area contributed by atoms with Crippen LogP contribution in [0.25, 0.3) is 11.0 Å². The third kappa shape index (κ3) is 8.20. The van der Waals surface area contributed by atoms with Crippen molar-refractivity contribution >= 4 is 40.5 Å². The number of benzene rings is 1. The zero-order valence-electron chi connectivity index (χ0n) is 26.7. The van der Waals surface area contributed by atoms with E-state index in [-0.39, 0.29) is 49.8 Å². The van der Waals surface area contributed by atoms with E-state index in [1.165, 1.54) is 12.2 Å². The quantitative estimate of drug-likeness (QED) is 0.178. The average molecular weight is 633 g/mol. The number of nitrogens with zero attached hydrogens (tertiary/aromatic N) is 6. The Balaban J connectivity index is 1.10. The molecule has 246 valence electrons. The number of rotatable bonds is 16. The Hall–Kier alpha value is -4.49. The number of nitrogens with one attached hydrogen (secondary N) is 1. The molecule has 0 radical (unpaired) electrons. The third-order valence-electron chi connectivity index (χ3n) is 8.34. The molecule has 3 aromatic rings. The lowest BCUT2D eigenvalue weighted by Gasteiger charge is -2.35. The monoisotopic (exact) mass is 632 g/mol. The summed E-state index contributed by atoms with van der Waals surface area (Å²) < 4.78 is 13.5. The van der Waals surface area contributed by atoms with Crippen molar-refractivity contribution in [1.82, 2.24) is 29.2 Å². The van der Waals surface area contributed by atoms with Gasteiger partial charge in [0.15, 0.2) is 5.82 Å². The van der Waals surface area contributed by atoms with E-state index < -0.39 is 0 Å². The van der Waals surface area contributed by atoms with E-state index in [1.54, 1.807) is 7.11 Å². The molecule has 0 unspecified atom stereocenters. The summed E-state index contributed by atoms with van der Waals surface area (Å²) in [5.41, 5.74) is 9.91. The van der Waals surface area contributed by atoms with Crippen LogP contribution in [0.4, 0.5) is 11.8 Å². The Bertz CT molecular complexity index is 1540. The normalized spacial score (nSPS) is 15.3. The number of carbonyl (C=O) groups is 3. The first kappa shape index (κ1) is 32.9. The molecule has 2 aliphatic heterocycles. The van der Waals surface area contributed by atoms with E-state index in [9.17, 15) is 14.4 Å². The van der Waals surface area contributed by atoms with Gasteiger partial charge in [-0.05, 0) is 24.1 Å². The number of nitrogen functional groups attached to an aromatic ring is 1. The number of hydrogen-bond acceptors (Lipinski definition) is 10. The van der Waals surface area contributed by atoms with Crippen LogP contribution in [0, 0.1) is 0 Å². The van der Waals surface area contributed by atoms with E-state index in [0.29, 0.717) is 19.6 Å². The minimum atomic E-state index is -0.330. The van der Waals surface area contributed by atoms with Crippen molar-refractivity contribution in [1.29, 1.82) is 0 Å². The van der Waals surface area contributed by atoms with Gasteiger partial charge < -0.3 is 30.0 Å². The summed E-state index contributed by atoms with van der Waals surface area (Å²) in [5.74, 6) is 1.20. The molecule has 3 N–H and O–H groups in total. The maximum atomic E-state index is 12.7. The van der Waals surface area contributed by atoms with E-state index in [2.05, 4.69) is 49.9 Å². The van der Waals surface area contributed by atoms with Gasteiger partial charge in [0, 0.05) is 63.2 Å². The van der Waals surface area contributed by atoms with Gasteiger partial charge in [-0.25, -0.2) is 4.98 Å². The van der Waals surface area contributed by atoms with Crippen LogP contribution in [0.2, 0.25) is 0 Å². The van der Waals surface area contributed by atoms with Gasteiger partial charge in [-0.3, -0.25) is 24.2 Å². The zero-order valence-corrected chi connectivity index (χ0v) is 26.7. The van der Waals surface area contributed by atoms with Crippen molar-refractivity contribution in [2.45, 2.75) is 45.7 Å². The molecule has 2 aliphatic rings. The second-order valence-corrected chi connectivity index (χ2v) is 11.6. The van der Waals surface area contributed by atoms with Crippen molar-refractivity contribution in [2.75, 3.05) is 70.6 Å². The van der Waals surface area contributed by atoms with Crippen molar-refractivity contribution in [3.8, 4) is 5.75 Å². The molecule has 0 aliphatic carbocycles. The van der Waals surface area contributed by atoms with Crippen molar-refractivity contribution in [3.05, 3.63) is 53.7 Å². The Morgan fingerprint density at radius 3 is 2.52 bits per heavy atom. The van der Waals surface area contributed by atoms with E-state index >= 15 is 0 Å². The number of imide groups is 1. The van der Waals surface area contributed by atoms with Crippen molar-refractivity contribution in [3.63, 3.8) is 0 Å². The summed E-state index contributed by atoms with van der Waals surface area (Å²) in [7, 11) is 1.69. The molecule has 1 saturated heterocycles. The van der Waals surface area contributed by atoms with Gasteiger partial charge in [-0.2, -0.15) is 4.98 Å². The standard InChI is InChI=1S/C33H44N8O5/c1-3-4-5-12-35-32-31-26(36-33(34)37-32)10-13-40(31)23-25-7-6-24(21-27(25)45-2)22-38-14-16-39(17-15-38)28(42)11-19-46-20-18-41-29(43)8-9-30(41)44/h6-10,13,21H,3-5,11-12,14-20,22-23H2,1-2H3,(H3,34,35,36,37). The van der Waals surface area contributed by atoms with Gasteiger partial charge >= 0.3 is 0 Å². The number of nitrogens with two attached hydrogens (primary N) is 1. The SMILES string of the molecule is CCCCCNc1nc(N)nc2ccn(Cc3ccc(CN4CCN(C(=O)CCOCCN5C(=O)C=CC5=O)CC4)cc3OC)c12. The van der Waals surface area contributed by atoms with Gasteiger partial charge in [-0.1, -0.05) is 31.9 Å². The Kier molecular flexibility index (Phi) is 11.2. The molecule has 1 aromatic carbocycles. The minimum absolute atomic E-state index is 0.0469. The number of piperazine rings is 1. The van der Waals surface area contributed by atoms with Gasteiger partial charge in [0.2, 0.25) is 11.9 Å². The molecule has 46 heavy (non-hydrogen) atoms. The fourth-order valence-electron chi connectivity index (χ4n) is 5.80. The van der Waals surface area contributed by atoms with Crippen LogP contribution in [-0.2, 0) is 32.2 Å². The average Bonchev–Trinajstić information content (AvgIpc) is 3.61. The van der Waals surface area contributed by atoms with Gasteiger partial charge in [0.1, 0.15) is 11.3 Å². The number of anilines is 2. The lowest BCUT2D eigenvalue weighted by molar-refractivity contribution is -0.139. The Morgan fingerprint density at radius 2 is 1.78 bits per heavy atom. The summed E-state index contributed by atoms with van der Waals surface area (Å²) in [4.78, 5) is 50.1. The largest absolute Gasteiger partial charge is 0.496 e. The first-order valence-electron chi connectivity index (χ1n) is 16.0. The molecule has 13 nitrogen and oxygen atoms in total.